The molecule has 0 aliphatic rings. The highest BCUT2D eigenvalue weighted by molar-refractivity contribution is 6.31. The van der Waals surface area contributed by atoms with Crippen LogP contribution in [0.25, 0.3) is 0 Å². The molecule has 214 valence electrons. The Morgan fingerprint density at radius 2 is 0.643 bits per heavy atom. The maximum atomic E-state index is 11.8. The standard InChI is InChI=1S/C34H26Cl4O4/c1-41-33(21-3-11-25(35)12-4-21,22-5-13-26(36)14-6-22)29-19-32(40)30(20-31(29)39)34(42-2,23-7-15-27(37)16-8-23)24-9-17-28(38)18-10-24/h3-20,39-40H,1-2H3. The van der Waals surface area contributed by atoms with Crippen LogP contribution in [0.3, 0.4) is 0 Å². The minimum atomic E-state index is -1.34. The summed E-state index contributed by atoms with van der Waals surface area (Å²) in [6.07, 6.45) is 0. The van der Waals surface area contributed by atoms with Crippen molar-refractivity contribution in [1.29, 1.82) is 0 Å². The summed E-state index contributed by atoms with van der Waals surface area (Å²) in [6, 6.07) is 31.4. The molecule has 5 aromatic carbocycles. The predicted molar refractivity (Wildman–Crippen MR) is 169 cm³/mol. The van der Waals surface area contributed by atoms with Crippen LogP contribution in [-0.2, 0) is 20.7 Å². The van der Waals surface area contributed by atoms with Crippen LogP contribution < -0.4 is 0 Å². The average Bonchev–Trinajstić information content (AvgIpc) is 2.99. The molecular weight excluding hydrogens is 614 g/mol. The summed E-state index contributed by atoms with van der Waals surface area (Å²) in [7, 11) is 3.07. The van der Waals surface area contributed by atoms with Crippen molar-refractivity contribution in [3.63, 3.8) is 0 Å². The number of halogens is 4. The van der Waals surface area contributed by atoms with Gasteiger partial charge in [-0.15, -0.1) is 0 Å². The van der Waals surface area contributed by atoms with Gasteiger partial charge in [-0.25, -0.2) is 0 Å². The molecule has 0 aliphatic heterocycles. The van der Waals surface area contributed by atoms with Gasteiger partial charge in [0.1, 0.15) is 22.7 Å². The van der Waals surface area contributed by atoms with Crippen LogP contribution in [0.1, 0.15) is 33.4 Å². The van der Waals surface area contributed by atoms with Gasteiger partial charge in [-0.3, -0.25) is 0 Å². The van der Waals surface area contributed by atoms with E-state index in [0.717, 1.165) is 0 Å². The van der Waals surface area contributed by atoms with E-state index in [9.17, 15) is 10.2 Å². The Hall–Kier alpha value is -3.22. The van der Waals surface area contributed by atoms with E-state index >= 15 is 0 Å². The Balaban J connectivity index is 1.81. The summed E-state index contributed by atoms with van der Waals surface area (Å²) in [5.74, 6) is -0.280. The lowest BCUT2D eigenvalue weighted by Gasteiger charge is -2.38. The highest BCUT2D eigenvalue weighted by Gasteiger charge is 2.43. The molecule has 0 aromatic heterocycles. The van der Waals surface area contributed by atoms with E-state index in [4.69, 9.17) is 55.9 Å². The molecule has 0 saturated heterocycles. The summed E-state index contributed by atoms with van der Waals surface area (Å²) < 4.78 is 12.5. The quantitative estimate of drug-likeness (QED) is 0.131. The molecule has 0 atom stereocenters. The molecule has 0 bridgehead atoms. The molecule has 42 heavy (non-hydrogen) atoms. The number of aromatic hydroxyl groups is 2. The third kappa shape index (κ3) is 5.24. The largest absolute Gasteiger partial charge is 0.508 e. The molecule has 4 nitrogen and oxygen atoms in total. The smallest absolute Gasteiger partial charge is 0.147 e. The molecule has 0 amide bonds. The van der Waals surface area contributed by atoms with E-state index in [-0.39, 0.29) is 11.5 Å². The zero-order chi connectivity index (χ0) is 30.1. The molecule has 0 heterocycles. The van der Waals surface area contributed by atoms with Crippen LogP contribution in [-0.4, -0.2) is 24.4 Å². The SMILES string of the molecule is COC(c1ccc(Cl)cc1)(c1ccc(Cl)cc1)c1cc(O)c(C(OC)(c2ccc(Cl)cc2)c2ccc(Cl)cc2)cc1O. The summed E-state index contributed by atoms with van der Waals surface area (Å²) >= 11 is 24.9. The van der Waals surface area contributed by atoms with Crippen molar-refractivity contribution in [2.24, 2.45) is 0 Å². The van der Waals surface area contributed by atoms with Gasteiger partial charge in [0.2, 0.25) is 0 Å². The molecule has 0 fully saturated rings. The minimum absolute atomic E-state index is 0.140. The van der Waals surface area contributed by atoms with Crippen molar-refractivity contribution in [2.45, 2.75) is 11.2 Å². The van der Waals surface area contributed by atoms with E-state index in [2.05, 4.69) is 0 Å². The van der Waals surface area contributed by atoms with Gasteiger partial charge in [0, 0.05) is 45.4 Å². The first-order chi connectivity index (χ1) is 20.1. The first-order valence-electron chi connectivity index (χ1n) is 12.9. The topological polar surface area (TPSA) is 58.9 Å². The Morgan fingerprint density at radius 1 is 0.429 bits per heavy atom. The van der Waals surface area contributed by atoms with Crippen molar-refractivity contribution in [3.05, 3.63) is 163 Å². The van der Waals surface area contributed by atoms with Crippen LogP contribution in [0.15, 0.2) is 109 Å². The summed E-state index contributed by atoms with van der Waals surface area (Å²) in [5, 5.41) is 25.8. The van der Waals surface area contributed by atoms with Crippen molar-refractivity contribution in [3.8, 4) is 11.5 Å². The lowest BCUT2D eigenvalue weighted by Crippen LogP contribution is -2.34. The van der Waals surface area contributed by atoms with Gasteiger partial charge in [0.25, 0.3) is 0 Å². The summed E-state index contributed by atoms with van der Waals surface area (Å²) in [6.45, 7) is 0. The van der Waals surface area contributed by atoms with Gasteiger partial charge < -0.3 is 19.7 Å². The Kier molecular flexibility index (Phi) is 8.77. The predicted octanol–water partition coefficient (Wildman–Crippen LogP) is 9.59. The van der Waals surface area contributed by atoms with E-state index in [1.165, 1.54) is 26.4 Å². The normalized spacial score (nSPS) is 12.0. The van der Waals surface area contributed by atoms with Crippen molar-refractivity contribution in [1.82, 2.24) is 0 Å². The molecule has 5 rings (SSSR count). The number of hydrogen-bond donors (Lipinski definition) is 2. The van der Waals surface area contributed by atoms with E-state index in [1.54, 1.807) is 48.5 Å². The third-order valence-electron chi connectivity index (χ3n) is 7.49. The van der Waals surface area contributed by atoms with Crippen molar-refractivity contribution < 1.29 is 19.7 Å². The Morgan fingerprint density at radius 3 is 0.833 bits per heavy atom. The minimum Gasteiger partial charge on any atom is -0.508 e. The van der Waals surface area contributed by atoms with E-state index in [1.807, 2.05) is 48.5 Å². The average molecular weight is 640 g/mol. The van der Waals surface area contributed by atoms with Gasteiger partial charge in [0.05, 0.1) is 0 Å². The monoisotopic (exact) mass is 638 g/mol. The van der Waals surface area contributed by atoms with Crippen molar-refractivity contribution >= 4 is 46.4 Å². The number of phenols is 2. The number of rotatable bonds is 8. The van der Waals surface area contributed by atoms with Gasteiger partial charge in [-0.2, -0.15) is 0 Å². The second-order valence-corrected chi connectivity index (χ2v) is 11.4. The fourth-order valence-corrected chi connectivity index (χ4v) is 6.03. The van der Waals surface area contributed by atoms with E-state index < -0.39 is 11.2 Å². The number of hydrogen-bond acceptors (Lipinski definition) is 4. The highest BCUT2D eigenvalue weighted by atomic mass is 35.5. The molecule has 0 radical (unpaired) electrons. The molecule has 0 spiro atoms. The van der Waals surface area contributed by atoms with Crippen LogP contribution >= 0.6 is 46.4 Å². The van der Waals surface area contributed by atoms with Crippen LogP contribution in [0.5, 0.6) is 11.5 Å². The van der Waals surface area contributed by atoms with Crippen LogP contribution in [0, 0.1) is 0 Å². The molecule has 0 saturated carbocycles. The lowest BCUT2D eigenvalue weighted by atomic mass is 9.76. The molecule has 0 aliphatic carbocycles. The van der Waals surface area contributed by atoms with Gasteiger partial charge >= 0.3 is 0 Å². The second kappa shape index (κ2) is 12.2. The van der Waals surface area contributed by atoms with Crippen molar-refractivity contribution in [2.75, 3.05) is 14.2 Å². The molecule has 2 N–H and O–H groups in total. The van der Waals surface area contributed by atoms with Gasteiger partial charge in [0.15, 0.2) is 0 Å². The zero-order valence-corrected chi connectivity index (χ0v) is 25.6. The Labute approximate surface area is 264 Å². The first kappa shape index (κ1) is 30.2. The second-order valence-electron chi connectivity index (χ2n) is 9.68. The first-order valence-corrected chi connectivity index (χ1v) is 14.4. The maximum Gasteiger partial charge on any atom is 0.147 e. The Bertz CT molecular complexity index is 1470. The summed E-state index contributed by atoms with van der Waals surface area (Å²) in [5.41, 5.74) is 0.610. The zero-order valence-electron chi connectivity index (χ0n) is 22.6. The fraction of sp³-hybridized carbons (Fsp3) is 0.118. The number of benzene rings is 5. The molecule has 8 heteroatoms. The van der Waals surface area contributed by atoms with E-state index in [0.29, 0.717) is 53.5 Å². The maximum absolute atomic E-state index is 11.8. The molecule has 5 aromatic rings. The van der Waals surface area contributed by atoms with Gasteiger partial charge in [-0.1, -0.05) is 94.9 Å². The number of ether oxygens (including phenoxy) is 2. The summed E-state index contributed by atoms with van der Waals surface area (Å²) in [4.78, 5) is 0. The molecular formula is C34H26Cl4O4. The number of phenolic OH excluding ortho intramolecular Hbond substituents is 2. The third-order valence-corrected chi connectivity index (χ3v) is 8.50. The van der Waals surface area contributed by atoms with Crippen LogP contribution in [0.2, 0.25) is 20.1 Å². The number of methoxy groups -OCH3 is 2. The van der Waals surface area contributed by atoms with Crippen LogP contribution in [0.4, 0.5) is 0 Å². The van der Waals surface area contributed by atoms with Gasteiger partial charge in [-0.05, 0) is 82.9 Å². The fourth-order valence-electron chi connectivity index (χ4n) is 5.53. The molecule has 0 unspecified atom stereocenters. The lowest BCUT2D eigenvalue weighted by molar-refractivity contribution is 0.0520. The highest BCUT2D eigenvalue weighted by Crippen LogP contribution is 2.50.